The molecular formula is C12H13N2O. The quantitative estimate of drug-likeness (QED) is 0.555. The average Bonchev–Trinajstić information content (AvgIpc) is 2.24. The van der Waals surface area contributed by atoms with Gasteiger partial charge in [-0.2, -0.15) is 5.26 Å². The van der Waals surface area contributed by atoms with Crippen molar-refractivity contribution in [3.63, 3.8) is 0 Å². The number of hydrogen-bond donors (Lipinski definition) is 0. The molecule has 1 aromatic carbocycles. The first-order chi connectivity index (χ1) is 7.24. The molecule has 0 saturated carbocycles. The largest absolute Gasteiger partial charge is 0.391 e. The molecule has 1 aromatic rings. The lowest BCUT2D eigenvalue weighted by Gasteiger charge is -2.01. The Hall–Kier alpha value is -1.82. The van der Waals surface area contributed by atoms with Gasteiger partial charge >= 0.3 is 0 Å². The zero-order valence-electron chi connectivity index (χ0n) is 8.90. The van der Waals surface area contributed by atoms with Crippen molar-refractivity contribution in [2.24, 2.45) is 11.1 Å². The van der Waals surface area contributed by atoms with Crippen LogP contribution in [0.5, 0.6) is 0 Å². The summed E-state index contributed by atoms with van der Waals surface area (Å²) < 4.78 is 0. The maximum absolute atomic E-state index is 8.81. The fourth-order valence-corrected chi connectivity index (χ4v) is 1.000. The molecule has 0 amide bonds. The van der Waals surface area contributed by atoms with E-state index in [4.69, 9.17) is 10.1 Å². The molecule has 3 heteroatoms. The van der Waals surface area contributed by atoms with E-state index in [2.05, 4.69) is 17.4 Å². The minimum Gasteiger partial charge on any atom is -0.391 e. The van der Waals surface area contributed by atoms with Gasteiger partial charge in [-0.3, -0.25) is 0 Å². The zero-order valence-corrected chi connectivity index (χ0v) is 8.90. The van der Waals surface area contributed by atoms with Crippen LogP contribution in [0, 0.1) is 17.2 Å². The summed E-state index contributed by atoms with van der Waals surface area (Å²) in [6.07, 6.45) is 2.77. The topological polar surface area (TPSA) is 45.4 Å². The molecule has 1 rings (SSSR count). The lowest BCUT2D eigenvalue weighted by atomic mass is 10.1. The zero-order chi connectivity index (χ0) is 11.1. The lowest BCUT2D eigenvalue weighted by molar-refractivity contribution is 0.130. The van der Waals surface area contributed by atoms with Gasteiger partial charge in [-0.05, 0) is 6.07 Å². The molecule has 77 valence electrons. The molecule has 0 saturated heterocycles. The van der Waals surface area contributed by atoms with Crippen molar-refractivity contribution in [2.75, 3.05) is 0 Å². The van der Waals surface area contributed by atoms with Crippen molar-refractivity contribution in [1.82, 2.24) is 0 Å². The Morgan fingerprint density at radius 2 is 2.13 bits per heavy atom. The van der Waals surface area contributed by atoms with E-state index in [1.54, 1.807) is 6.07 Å². The molecule has 0 aliphatic heterocycles. The van der Waals surface area contributed by atoms with E-state index in [0.717, 1.165) is 5.56 Å². The van der Waals surface area contributed by atoms with Crippen LogP contribution < -0.4 is 0 Å². The highest BCUT2D eigenvalue weighted by molar-refractivity contribution is 5.58. The SMILES string of the molecule is CC(C)/[C]=N\OCc1ccccc1C#N. The molecule has 0 atom stereocenters. The van der Waals surface area contributed by atoms with E-state index in [0.29, 0.717) is 12.2 Å². The van der Waals surface area contributed by atoms with E-state index < -0.39 is 0 Å². The van der Waals surface area contributed by atoms with Gasteiger partial charge in [0, 0.05) is 11.5 Å². The molecule has 0 N–H and O–H groups in total. The molecule has 0 aromatic heterocycles. The summed E-state index contributed by atoms with van der Waals surface area (Å²) in [5.41, 5.74) is 1.46. The first-order valence-corrected chi connectivity index (χ1v) is 4.79. The van der Waals surface area contributed by atoms with Gasteiger partial charge in [0.15, 0.2) is 0 Å². The molecule has 0 bridgehead atoms. The molecular weight excluding hydrogens is 188 g/mol. The molecule has 0 heterocycles. The summed E-state index contributed by atoms with van der Waals surface area (Å²) in [5.74, 6) is 0.246. The molecule has 0 unspecified atom stereocenters. The van der Waals surface area contributed by atoms with Crippen LogP contribution in [0.4, 0.5) is 0 Å². The lowest BCUT2D eigenvalue weighted by Crippen LogP contribution is -1.93. The van der Waals surface area contributed by atoms with Gasteiger partial charge in [-0.1, -0.05) is 37.2 Å². The van der Waals surface area contributed by atoms with Crippen LogP contribution in [0.3, 0.4) is 0 Å². The van der Waals surface area contributed by atoms with E-state index in [9.17, 15) is 0 Å². The third kappa shape index (κ3) is 3.82. The highest BCUT2D eigenvalue weighted by Crippen LogP contribution is 2.08. The second-order valence-corrected chi connectivity index (χ2v) is 3.42. The van der Waals surface area contributed by atoms with Gasteiger partial charge in [0.2, 0.25) is 0 Å². The smallest absolute Gasteiger partial charge is 0.143 e. The van der Waals surface area contributed by atoms with Crippen molar-refractivity contribution in [3.8, 4) is 6.07 Å². The van der Waals surface area contributed by atoms with Gasteiger partial charge in [0.1, 0.15) is 12.8 Å². The van der Waals surface area contributed by atoms with Crippen LogP contribution in [0.2, 0.25) is 0 Å². The van der Waals surface area contributed by atoms with Gasteiger partial charge in [0.25, 0.3) is 0 Å². The summed E-state index contributed by atoms with van der Waals surface area (Å²) in [5, 5.41) is 12.5. The summed E-state index contributed by atoms with van der Waals surface area (Å²) in [4.78, 5) is 5.04. The number of benzene rings is 1. The number of nitrogens with zero attached hydrogens (tertiary/aromatic N) is 2. The maximum atomic E-state index is 8.81. The molecule has 0 fully saturated rings. The van der Waals surface area contributed by atoms with Crippen LogP contribution in [0.1, 0.15) is 25.0 Å². The number of rotatable bonds is 4. The van der Waals surface area contributed by atoms with Gasteiger partial charge in [-0.15, -0.1) is 0 Å². The summed E-state index contributed by atoms with van der Waals surface area (Å²) >= 11 is 0. The van der Waals surface area contributed by atoms with Gasteiger partial charge in [0.05, 0.1) is 11.6 Å². The summed E-state index contributed by atoms with van der Waals surface area (Å²) in [6, 6.07) is 9.41. The van der Waals surface area contributed by atoms with E-state index in [1.165, 1.54) is 0 Å². The van der Waals surface area contributed by atoms with E-state index >= 15 is 0 Å². The Labute approximate surface area is 90.0 Å². The predicted octanol–water partition coefficient (Wildman–Crippen LogP) is 2.59. The highest BCUT2D eigenvalue weighted by Gasteiger charge is 1.99. The second-order valence-electron chi connectivity index (χ2n) is 3.42. The maximum Gasteiger partial charge on any atom is 0.143 e. The molecule has 3 nitrogen and oxygen atoms in total. The van der Waals surface area contributed by atoms with Crippen molar-refractivity contribution in [2.45, 2.75) is 20.5 Å². The third-order valence-electron chi connectivity index (χ3n) is 1.73. The minimum absolute atomic E-state index is 0.246. The number of nitriles is 1. The first kappa shape index (κ1) is 11.3. The fraction of sp³-hybridized carbons (Fsp3) is 0.333. The highest BCUT2D eigenvalue weighted by atomic mass is 16.6. The monoisotopic (exact) mass is 201 g/mol. The average molecular weight is 201 g/mol. The standard InChI is InChI=1S/C12H13N2O/c1-10(2)8-14-15-9-12-6-4-3-5-11(12)7-13/h3-6,10H,9H2,1-2H3. The van der Waals surface area contributed by atoms with Crippen molar-refractivity contribution in [1.29, 1.82) is 5.26 Å². The molecule has 0 aliphatic carbocycles. The molecule has 0 spiro atoms. The van der Waals surface area contributed by atoms with Crippen LogP contribution in [-0.2, 0) is 11.4 Å². The Balaban J connectivity index is 2.55. The Bertz CT molecular complexity index is 377. The summed E-state index contributed by atoms with van der Waals surface area (Å²) in [7, 11) is 0. The van der Waals surface area contributed by atoms with Crippen LogP contribution in [-0.4, -0.2) is 6.21 Å². The third-order valence-corrected chi connectivity index (χ3v) is 1.73. The molecule has 0 aliphatic rings. The van der Waals surface area contributed by atoms with Crippen molar-refractivity contribution in [3.05, 3.63) is 35.4 Å². The van der Waals surface area contributed by atoms with Crippen LogP contribution in [0.25, 0.3) is 0 Å². The van der Waals surface area contributed by atoms with Crippen molar-refractivity contribution >= 4 is 6.21 Å². The van der Waals surface area contributed by atoms with E-state index in [-0.39, 0.29) is 5.92 Å². The Morgan fingerprint density at radius 3 is 2.80 bits per heavy atom. The number of hydrogen-bond acceptors (Lipinski definition) is 3. The second kappa shape index (κ2) is 5.82. The predicted molar refractivity (Wildman–Crippen MR) is 58.2 cm³/mol. The Morgan fingerprint density at radius 1 is 1.40 bits per heavy atom. The normalized spacial score (nSPS) is 10.5. The molecule has 1 radical (unpaired) electrons. The molecule has 15 heavy (non-hydrogen) atoms. The van der Waals surface area contributed by atoms with Crippen LogP contribution >= 0.6 is 0 Å². The summed E-state index contributed by atoms with van der Waals surface area (Å²) in [6.45, 7) is 4.25. The fourth-order valence-electron chi connectivity index (χ4n) is 1.000. The van der Waals surface area contributed by atoms with Gasteiger partial charge in [-0.25, -0.2) is 0 Å². The van der Waals surface area contributed by atoms with Crippen molar-refractivity contribution < 1.29 is 4.84 Å². The van der Waals surface area contributed by atoms with Crippen LogP contribution in [0.15, 0.2) is 29.4 Å². The minimum atomic E-state index is 0.246. The van der Waals surface area contributed by atoms with Gasteiger partial charge < -0.3 is 4.84 Å². The van der Waals surface area contributed by atoms with E-state index in [1.807, 2.05) is 32.0 Å². The Kier molecular flexibility index (Phi) is 4.36. The first-order valence-electron chi connectivity index (χ1n) is 4.79.